The molecule has 23 heavy (non-hydrogen) atoms. The first kappa shape index (κ1) is 16.0. The van der Waals surface area contributed by atoms with E-state index in [1.165, 1.54) is 48.9 Å². The molecule has 5 nitrogen and oxygen atoms in total. The van der Waals surface area contributed by atoms with Gasteiger partial charge in [-0.25, -0.2) is 4.39 Å². The highest BCUT2D eigenvalue weighted by atomic mass is 32.2. The maximum Gasteiger partial charge on any atom is 0.240 e. The van der Waals surface area contributed by atoms with Gasteiger partial charge < -0.3 is 10.6 Å². The molecule has 2 amide bonds. The van der Waals surface area contributed by atoms with Gasteiger partial charge in [0.25, 0.3) is 0 Å². The second-order valence-corrected chi connectivity index (χ2v) is 6.92. The number of amidine groups is 1. The molecule has 7 heteroatoms. The second kappa shape index (κ2) is 7.12. The molecule has 1 aromatic carbocycles. The van der Waals surface area contributed by atoms with Gasteiger partial charge in [-0.2, -0.15) is 0 Å². The number of hydrogen-bond donors (Lipinski definition) is 2. The van der Waals surface area contributed by atoms with Gasteiger partial charge in [0.15, 0.2) is 5.17 Å². The predicted octanol–water partition coefficient (Wildman–Crippen LogP) is 2.68. The molecular weight excluding hydrogens is 317 g/mol. The number of rotatable bonds is 4. The van der Waals surface area contributed by atoms with Crippen LogP contribution >= 0.6 is 11.8 Å². The van der Waals surface area contributed by atoms with Crippen molar-refractivity contribution in [2.45, 2.75) is 43.4 Å². The fourth-order valence-corrected chi connectivity index (χ4v) is 3.75. The molecule has 1 aliphatic carbocycles. The molecule has 0 bridgehead atoms. The van der Waals surface area contributed by atoms with E-state index in [-0.39, 0.29) is 24.1 Å². The first-order chi connectivity index (χ1) is 11.1. The van der Waals surface area contributed by atoms with Gasteiger partial charge in [-0.05, 0) is 37.1 Å². The molecule has 1 aliphatic heterocycles. The summed E-state index contributed by atoms with van der Waals surface area (Å²) in [5, 5.41) is 5.58. The van der Waals surface area contributed by atoms with E-state index in [0.29, 0.717) is 16.9 Å². The van der Waals surface area contributed by atoms with Crippen LogP contribution in [0.3, 0.4) is 0 Å². The van der Waals surface area contributed by atoms with Crippen molar-refractivity contribution in [1.82, 2.24) is 5.32 Å². The molecule has 0 unspecified atom stereocenters. The van der Waals surface area contributed by atoms with Crippen LogP contribution in [-0.2, 0) is 9.59 Å². The number of hydrogen-bond acceptors (Lipinski definition) is 4. The lowest BCUT2D eigenvalue weighted by Crippen LogP contribution is -2.28. The Morgan fingerprint density at radius 3 is 2.70 bits per heavy atom. The van der Waals surface area contributed by atoms with Gasteiger partial charge in [-0.1, -0.05) is 24.6 Å². The SMILES string of the molecule is O=C(C[C@H]1SC(=NC2CCCC2)NC1=O)Nc1ccc(F)cc1. The summed E-state index contributed by atoms with van der Waals surface area (Å²) < 4.78 is 12.8. The quantitative estimate of drug-likeness (QED) is 0.889. The summed E-state index contributed by atoms with van der Waals surface area (Å²) in [5.41, 5.74) is 0.514. The van der Waals surface area contributed by atoms with Crippen LogP contribution in [-0.4, -0.2) is 28.3 Å². The third-order valence-electron chi connectivity index (χ3n) is 3.90. The van der Waals surface area contributed by atoms with Crippen molar-refractivity contribution in [3.63, 3.8) is 0 Å². The Morgan fingerprint density at radius 1 is 1.30 bits per heavy atom. The number of halogens is 1. The number of carbonyl (C=O) groups is 2. The summed E-state index contributed by atoms with van der Waals surface area (Å²) >= 11 is 1.32. The lowest BCUT2D eigenvalue weighted by Gasteiger charge is -2.07. The van der Waals surface area contributed by atoms with Crippen LogP contribution in [0.1, 0.15) is 32.1 Å². The normalized spacial score (nSPS) is 23.3. The minimum Gasteiger partial charge on any atom is -0.326 e. The molecule has 1 saturated heterocycles. The van der Waals surface area contributed by atoms with Gasteiger partial charge in [0.2, 0.25) is 11.8 Å². The summed E-state index contributed by atoms with van der Waals surface area (Å²) in [6, 6.07) is 5.83. The molecule has 0 aromatic heterocycles. The highest BCUT2D eigenvalue weighted by Gasteiger charge is 2.32. The van der Waals surface area contributed by atoms with E-state index < -0.39 is 5.25 Å². The van der Waals surface area contributed by atoms with Crippen LogP contribution in [0.15, 0.2) is 29.3 Å². The lowest BCUT2D eigenvalue weighted by molar-refractivity contribution is -0.122. The van der Waals surface area contributed by atoms with Gasteiger partial charge in [-0.15, -0.1) is 0 Å². The molecule has 1 saturated carbocycles. The monoisotopic (exact) mass is 335 g/mol. The molecule has 2 N–H and O–H groups in total. The fourth-order valence-electron chi connectivity index (χ4n) is 2.71. The van der Waals surface area contributed by atoms with Crippen LogP contribution in [0.2, 0.25) is 0 Å². The third kappa shape index (κ3) is 4.31. The molecule has 0 radical (unpaired) electrons. The van der Waals surface area contributed by atoms with Crippen molar-refractivity contribution in [3.8, 4) is 0 Å². The average Bonchev–Trinajstić information content (AvgIpc) is 3.12. The van der Waals surface area contributed by atoms with Crippen LogP contribution in [0, 0.1) is 5.82 Å². The van der Waals surface area contributed by atoms with Gasteiger partial charge in [0.1, 0.15) is 11.1 Å². The Balaban J connectivity index is 1.54. The first-order valence-corrected chi connectivity index (χ1v) is 8.59. The summed E-state index contributed by atoms with van der Waals surface area (Å²) in [6.45, 7) is 0. The van der Waals surface area contributed by atoms with E-state index in [9.17, 15) is 14.0 Å². The summed E-state index contributed by atoms with van der Waals surface area (Å²) in [6.07, 6.45) is 4.57. The van der Waals surface area contributed by atoms with Gasteiger partial charge in [0.05, 0.1) is 6.04 Å². The van der Waals surface area contributed by atoms with Crippen LogP contribution in [0.25, 0.3) is 0 Å². The Labute approximate surface area is 138 Å². The standard InChI is InChI=1S/C16H18FN3O2S/c17-10-5-7-12(8-6-10)18-14(21)9-13-15(22)20-16(23-13)19-11-3-1-2-4-11/h5-8,11,13H,1-4,9H2,(H,18,21)(H,19,20,22)/t13-/m1/s1. The van der Waals surface area contributed by atoms with Crippen LogP contribution in [0.4, 0.5) is 10.1 Å². The smallest absolute Gasteiger partial charge is 0.240 e. The molecule has 1 heterocycles. The molecule has 122 valence electrons. The Kier molecular flexibility index (Phi) is 4.95. The summed E-state index contributed by atoms with van der Waals surface area (Å²) in [7, 11) is 0. The topological polar surface area (TPSA) is 70.6 Å². The number of thioether (sulfide) groups is 1. The third-order valence-corrected chi connectivity index (χ3v) is 5.00. The molecule has 3 rings (SSSR count). The van der Waals surface area contributed by atoms with E-state index in [4.69, 9.17) is 0 Å². The second-order valence-electron chi connectivity index (χ2n) is 5.73. The predicted molar refractivity (Wildman–Crippen MR) is 88.9 cm³/mol. The van der Waals surface area contributed by atoms with Crippen molar-refractivity contribution in [3.05, 3.63) is 30.1 Å². The lowest BCUT2D eigenvalue weighted by atomic mass is 10.2. The Morgan fingerprint density at radius 2 is 2.00 bits per heavy atom. The minimum atomic E-state index is -0.462. The maximum absolute atomic E-state index is 12.8. The summed E-state index contributed by atoms with van der Waals surface area (Å²) in [4.78, 5) is 28.5. The van der Waals surface area contributed by atoms with Crippen molar-refractivity contribution in [2.75, 3.05) is 5.32 Å². The number of carbonyl (C=O) groups excluding carboxylic acids is 2. The van der Waals surface area contributed by atoms with Crippen LogP contribution in [0.5, 0.6) is 0 Å². The highest BCUT2D eigenvalue weighted by molar-refractivity contribution is 8.15. The molecule has 1 aromatic rings. The number of benzene rings is 1. The Hall–Kier alpha value is -1.89. The molecule has 0 spiro atoms. The Bertz CT molecular complexity index is 627. The van der Waals surface area contributed by atoms with Crippen molar-refractivity contribution in [2.24, 2.45) is 4.99 Å². The van der Waals surface area contributed by atoms with Crippen LogP contribution < -0.4 is 10.6 Å². The van der Waals surface area contributed by atoms with Gasteiger partial charge in [0, 0.05) is 12.1 Å². The number of anilines is 1. The van der Waals surface area contributed by atoms with Gasteiger partial charge >= 0.3 is 0 Å². The zero-order chi connectivity index (χ0) is 16.2. The van der Waals surface area contributed by atoms with Crippen molar-refractivity contribution >= 4 is 34.4 Å². The number of nitrogens with one attached hydrogen (secondary N) is 2. The molecule has 2 fully saturated rings. The van der Waals surface area contributed by atoms with Crippen molar-refractivity contribution < 1.29 is 14.0 Å². The number of amides is 2. The van der Waals surface area contributed by atoms with Crippen molar-refractivity contribution in [1.29, 1.82) is 0 Å². The highest BCUT2D eigenvalue weighted by Crippen LogP contribution is 2.27. The van der Waals surface area contributed by atoms with E-state index >= 15 is 0 Å². The molecular formula is C16H18FN3O2S. The zero-order valence-electron chi connectivity index (χ0n) is 12.5. The van der Waals surface area contributed by atoms with E-state index in [2.05, 4.69) is 15.6 Å². The van der Waals surface area contributed by atoms with Gasteiger partial charge in [-0.3, -0.25) is 14.6 Å². The molecule has 2 aliphatic rings. The largest absolute Gasteiger partial charge is 0.326 e. The minimum absolute atomic E-state index is 0.0670. The first-order valence-electron chi connectivity index (χ1n) is 7.71. The van der Waals surface area contributed by atoms with E-state index in [1.54, 1.807) is 0 Å². The van der Waals surface area contributed by atoms with E-state index in [1.807, 2.05) is 0 Å². The van der Waals surface area contributed by atoms with E-state index in [0.717, 1.165) is 12.8 Å². The number of nitrogens with zero attached hydrogens (tertiary/aromatic N) is 1. The maximum atomic E-state index is 12.8. The zero-order valence-corrected chi connectivity index (χ0v) is 13.4. The average molecular weight is 335 g/mol. The number of aliphatic imine (C=N–C) groups is 1. The fraction of sp³-hybridized carbons (Fsp3) is 0.438. The summed E-state index contributed by atoms with van der Waals surface area (Å²) in [5.74, 6) is -0.811. The molecule has 1 atom stereocenters.